The number of aliphatic imine (C=N–C) groups is 1. The first-order valence-corrected chi connectivity index (χ1v) is 12.4. The van der Waals surface area contributed by atoms with E-state index in [1.54, 1.807) is 35.6 Å². The minimum Gasteiger partial charge on any atom is -0.302 e. The maximum atomic E-state index is 12.2. The fourth-order valence-corrected chi connectivity index (χ4v) is 5.93. The molecule has 0 fully saturated rings. The van der Waals surface area contributed by atoms with Gasteiger partial charge in [-0.05, 0) is 32.0 Å². The molecule has 0 saturated heterocycles. The molecule has 4 rings (SSSR count). The number of amidine groups is 1. The van der Waals surface area contributed by atoms with Gasteiger partial charge < -0.3 is 10.2 Å². The molecule has 0 bridgehead atoms. The Morgan fingerprint density at radius 3 is 3.00 bits per heavy atom. The van der Waals surface area contributed by atoms with Crippen LogP contribution in [0.1, 0.15) is 41.8 Å². The number of aromatic nitrogens is 1. The first-order chi connectivity index (χ1) is 14.4. The van der Waals surface area contributed by atoms with Gasteiger partial charge in [0.05, 0.1) is 10.6 Å². The van der Waals surface area contributed by atoms with E-state index in [0.717, 1.165) is 44.5 Å². The highest BCUT2D eigenvalue weighted by Crippen LogP contribution is 2.28. The average molecular weight is 448 g/mol. The van der Waals surface area contributed by atoms with Crippen LogP contribution in [0.2, 0.25) is 0 Å². The summed E-state index contributed by atoms with van der Waals surface area (Å²) < 4.78 is 26.6. The van der Waals surface area contributed by atoms with Gasteiger partial charge in [-0.3, -0.25) is 14.5 Å². The zero-order chi connectivity index (χ0) is 21.1. The van der Waals surface area contributed by atoms with Gasteiger partial charge in [-0.1, -0.05) is 18.6 Å². The molecule has 0 spiro atoms. The highest BCUT2D eigenvalue weighted by atomic mass is 32.2. The van der Waals surface area contributed by atoms with Crippen molar-refractivity contribution in [2.75, 3.05) is 25.5 Å². The van der Waals surface area contributed by atoms with Crippen molar-refractivity contribution in [1.82, 2.24) is 14.6 Å². The van der Waals surface area contributed by atoms with E-state index in [2.05, 4.69) is 32.0 Å². The predicted octanol–water partition coefficient (Wildman–Crippen LogP) is 2.37. The SMILES string of the molecule is CN1CCc2nc(NC(=O)CCCCCN=C3NS(=O)(=O)c4ccccc43)sc2C1. The third-order valence-electron chi connectivity index (χ3n) is 5.16. The molecule has 8 nitrogen and oxygen atoms in total. The summed E-state index contributed by atoms with van der Waals surface area (Å²) in [6.45, 7) is 2.41. The first-order valence-electron chi connectivity index (χ1n) is 10.1. The molecule has 30 heavy (non-hydrogen) atoms. The second-order valence-electron chi connectivity index (χ2n) is 7.57. The third kappa shape index (κ3) is 4.71. The number of nitrogens with zero attached hydrogens (tertiary/aromatic N) is 3. The fourth-order valence-electron chi connectivity index (χ4n) is 3.57. The summed E-state index contributed by atoms with van der Waals surface area (Å²) in [5, 5.41) is 3.61. The average Bonchev–Trinajstić information content (AvgIpc) is 3.22. The molecule has 1 aromatic carbocycles. The fraction of sp³-hybridized carbons (Fsp3) is 0.450. The highest BCUT2D eigenvalue weighted by Gasteiger charge is 2.29. The molecule has 1 aromatic heterocycles. The maximum absolute atomic E-state index is 12.2. The molecule has 160 valence electrons. The number of unbranched alkanes of at least 4 members (excludes halogenated alkanes) is 2. The summed E-state index contributed by atoms with van der Waals surface area (Å²) in [5.74, 6) is 0.389. The molecule has 2 aliphatic heterocycles. The van der Waals surface area contributed by atoms with Crippen molar-refractivity contribution < 1.29 is 13.2 Å². The molecule has 0 atom stereocenters. The number of carbonyl (C=O) groups excluding carboxylic acids is 1. The van der Waals surface area contributed by atoms with Gasteiger partial charge in [0.15, 0.2) is 5.13 Å². The van der Waals surface area contributed by atoms with E-state index in [9.17, 15) is 13.2 Å². The Balaban J connectivity index is 1.19. The molecular formula is C20H25N5O3S2. The smallest absolute Gasteiger partial charge is 0.263 e. The monoisotopic (exact) mass is 447 g/mol. The lowest BCUT2D eigenvalue weighted by Gasteiger charge is -2.20. The van der Waals surface area contributed by atoms with Crippen LogP contribution in [0.5, 0.6) is 0 Å². The van der Waals surface area contributed by atoms with Gasteiger partial charge in [0.2, 0.25) is 5.91 Å². The normalized spacial score (nSPS) is 18.6. The van der Waals surface area contributed by atoms with Crippen LogP contribution in [0.4, 0.5) is 5.13 Å². The molecule has 0 saturated carbocycles. The minimum absolute atomic E-state index is 0.0155. The molecule has 0 aliphatic carbocycles. The van der Waals surface area contributed by atoms with E-state index < -0.39 is 10.0 Å². The van der Waals surface area contributed by atoms with Crippen LogP contribution in [-0.2, 0) is 27.8 Å². The van der Waals surface area contributed by atoms with Crippen molar-refractivity contribution in [2.24, 2.45) is 4.99 Å². The van der Waals surface area contributed by atoms with Crippen molar-refractivity contribution >= 4 is 38.2 Å². The van der Waals surface area contributed by atoms with Gasteiger partial charge in [-0.2, -0.15) is 0 Å². The zero-order valence-electron chi connectivity index (χ0n) is 16.8. The van der Waals surface area contributed by atoms with Crippen molar-refractivity contribution in [3.8, 4) is 0 Å². The Hall–Kier alpha value is -2.30. The summed E-state index contributed by atoms with van der Waals surface area (Å²) in [7, 11) is -1.40. The highest BCUT2D eigenvalue weighted by molar-refractivity contribution is 7.90. The number of carbonyl (C=O) groups is 1. The number of amides is 1. The Labute approximate surface area is 180 Å². The zero-order valence-corrected chi connectivity index (χ0v) is 18.5. The number of thiazole rings is 1. The van der Waals surface area contributed by atoms with Gasteiger partial charge >= 0.3 is 0 Å². The van der Waals surface area contributed by atoms with Gasteiger partial charge in [-0.15, -0.1) is 11.3 Å². The van der Waals surface area contributed by atoms with Crippen LogP contribution >= 0.6 is 11.3 Å². The Morgan fingerprint density at radius 2 is 2.13 bits per heavy atom. The number of sulfonamides is 1. The van der Waals surface area contributed by atoms with Crippen molar-refractivity contribution in [3.05, 3.63) is 40.4 Å². The Kier molecular flexibility index (Phi) is 6.16. The summed E-state index contributed by atoms with van der Waals surface area (Å²) in [6.07, 6.45) is 3.76. The molecule has 0 radical (unpaired) electrons. The van der Waals surface area contributed by atoms with Crippen molar-refractivity contribution in [3.63, 3.8) is 0 Å². The summed E-state index contributed by atoms with van der Waals surface area (Å²) in [5.41, 5.74) is 1.73. The maximum Gasteiger partial charge on any atom is 0.263 e. The number of anilines is 1. The number of hydrogen-bond acceptors (Lipinski definition) is 7. The lowest BCUT2D eigenvalue weighted by molar-refractivity contribution is -0.116. The minimum atomic E-state index is -3.49. The van der Waals surface area contributed by atoms with Gasteiger partial charge in [0.1, 0.15) is 5.84 Å². The second-order valence-corrected chi connectivity index (χ2v) is 10.3. The van der Waals surface area contributed by atoms with Crippen molar-refractivity contribution in [1.29, 1.82) is 0 Å². The standard InChI is InChI=1S/C20H25N5O3S2/c1-25-12-10-15-16(13-25)29-20(22-15)23-18(26)9-3-2-6-11-21-19-14-7-4-5-8-17(14)30(27,28)24-19/h4-5,7-8H,2-3,6,9-13H2,1H3,(H,21,24)(H,22,23,26). The molecular weight excluding hydrogens is 422 g/mol. The number of nitrogens with one attached hydrogen (secondary N) is 2. The van der Waals surface area contributed by atoms with Gasteiger partial charge in [0.25, 0.3) is 10.0 Å². The lowest BCUT2D eigenvalue weighted by Crippen LogP contribution is -2.25. The lowest BCUT2D eigenvalue weighted by atomic mass is 10.2. The van der Waals surface area contributed by atoms with E-state index in [4.69, 9.17) is 0 Å². The molecule has 2 aromatic rings. The number of hydrogen-bond donors (Lipinski definition) is 2. The molecule has 2 N–H and O–H groups in total. The number of rotatable bonds is 7. The summed E-state index contributed by atoms with van der Waals surface area (Å²) >= 11 is 1.56. The Morgan fingerprint density at radius 1 is 1.30 bits per heavy atom. The van der Waals surface area contributed by atoms with Gasteiger partial charge in [0, 0.05) is 42.9 Å². The van der Waals surface area contributed by atoms with Crippen LogP contribution in [0.25, 0.3) is 0 Å². The molecule has 2 aliphatic rings. The molecule has 10 heteroatoms. The summed E-state index contributed by atoms with van der Waals surface area (Å²) in [6, 6.07) is 6.83. The Bertz CT molecular complexity index is 1080. The van der Waals surface area contributed by atoms with E-state index in [1.165, 1.54) is 4.88 Å². The first kappa shape index (κ1) is 21.0. The number of benzene rings is 1. The van der Waals surface area contributed by atoms with E-state index in [1.807, 2.05) is 0 Å². The molecule has 3 heterocycles. The number of fused-ring (bicyclic) bond motifs is 2. The summed E-state index contributed by atoms with van der Waals surface area (Å²) in [4.78, 5) is 24.9. The van der Waals surface area contributed by atoms with Crippen molar-refractivity contribution in [2.45, 2.75) is 43.5 Å². The van der Waals surface area contributed by atoms with Gasteiger partial charge in [-0.25, -0.2) is 13.4 Å². The predicted molar refractivity (Wildman–Crippen MR) is 117 cm³/mol. The van der Waals surface area contributed by atoms with Crippen LogP contribution in [0.15, 0.2) is 34.2 Å². The van der Waals surface area contributed by atoms with E-state index in [-0.39, 0.29) is 10.8 Å². The van der Waals surface area contributed by atoms with E-state index >= 15 is 0 Å². The van der Waals surface area contributed by atoms with Crippen LogP contribution in [-0.4, -0.2) is 50.2 Å². The van der Waals surface area contributed by atoms with E-state index in [0.29, 0.717) is 29.5 Å². The number of likely N-dealkylation sites (N-methyl/N-ethyl adjacent to an activating group) is 1. The largest absolute Gasteiger partial charge is 0.302 e. The van der Waals surface area contributed by atoms with Crippen LogP contribution < -0.4 is 10.0 Å². The second kappa shape index (κ2) is 8.83. The topological polar surface area (TPSA) is 104 Å². The third-order valence-corrected chi connectivity index (χ3v) is 7.56. The molecule has 1 amide bonds. The van der Waals surface area contributed by atoms with Crippen LogP contribution in [0.3, 0.4) is 0 Å². The molecule has 0 unspecified atom stereocenters. The quantitative estimate of drug-likeness (QED) is 0.634. The van der Waals surface area contributed by atoms with Crippen LogP contribution in [0, 0.1) is 0 Å².